The molecule has 2 amide bonds. The van der Waals surface area contributed by atoms with Crippen LogP contribution in [0.3, 0.4) is 0 Å². The Bertz CT molecular complexity index is 1060. The van der Waals surface area contributed by atoms with Crippen LogP contribution in [0.2, 0.25) is 0 Å². The summed E-state index contributed by atoms with van der Waals surface area (Å²) in [5, 5.41) is 0. The lowest BCUT2D eigenvalue weighted by atomic mass is 10.1. The van der Waals surface area contributed by atoms with Gasteiger partial charge in [0.2, 0.25) is 5.91 Å². The molecule has 1 saturated heterocycles. The van der Waals surface area contributed by atoms with E-state index in [0.29, 0.717) is 57.1 Å². The summed E-state index contributed by atoms with van der Waals surface area (Å²) < 4.78 is 40.3. The minimum Gasteiger partial charge on any atom is -0.342 e. The Morgan fingerprint density at radius 1 is 0.939 bits per heavy atom. The molecule has 10 heteroatoms. The molecule has 1 aliphatic heterocycles. The van der Waals surface area contributed by atoms with Crippen molar-refractivity contribution in [2.75, 3.05) is 50.5 Å². The number of benzene rings is 2. The number of nitrogens with one attached hydrogen (secondary N) is 1. The van der Waals surface area contributed by atoms with E-state index in [0.717, 1.165) is 12.1 Å². The average Bonchev–Trinajstić information content (AvgIpc) is 2.80. The smallest absolute Gasteiger partial charge is 0.261 e. The zero-order valence-electron chi connectivity index (χ0n) is 18.8. The van der Waals surface area contributed by atoms with Crippen molar-refractivity contribution in [2.24, 2.45) is 0 Å². The molecule has 0 bridgehead atoms. The van der Waals surface area contributed by atoms with E-state index in [9.17, 15) is 22.4 Å². The molecule has 2 aromatic rings. The molecule has 1 N–H and O–H groups in total. The van der Waals surface area contributed by atoms with Gasteiger partial charge < -0.3 is 9.80 Å². The van der Waals surface area contributed by atoms with Gasteiger partial charge in [-0.05, 0) is 62.4 Å². The first-order chi connectivity index (χ1) is 15.7. The molecule has 0 saturated carbocycles. The van der Waals surface area contributed by atoms with E-state index >= 15 is 0 Å². The van der Waals surface area contributed by atoms with Crippen molar-refractivity contribution in [1.82, 2.24) is 14.7 Å². The molecule has 1 heterocycles. The predicted octanol–water partition coefficient (Wildman–Crippen LogP) is 2.25. The second-order valence-corrected chi connectivity index (χ2v) is 9.45. The fraction of sp³-hybridized carbons (Fsp3) is 0.391. The Balaban J connectivity index is 1.55. The van der Waals surface area contributed by atoms with Crippen LogP contribution in [0.25, 0.3) is 0 Å². The van der Waals surface area contributed by atoms with Gasteiger partial charge in [0.25, 0.3) is 15.9 Å². The topological polar surface area (TPSA) is 90.0 Å². The summed E-state index contributed by atoms with van der Waals surface area (Å²) in [5.41, 5.74) is 0.753. The van der Waals surface area contributed by atoms with E-state index in [4.69, 9.17) is 0 Å². The van der Waals surface area contributed by atoms with Crippen LogP contribution in [0.15, 0.2) is 53.4 Å². The number of carbonyl (C=O) groups excluding carboxylic acids is 2. The van der Waals surface area contributed by atoms with Gasteiger partial charge in [-0.25, -0.2) is 12.8 Å². The molecule has 1 fully saturated rings. The SMILES string of the molecule is CCN(CC)C(=O)CN1CCN(C(=O)c2ccc(NS(=O)(=O)c3ccc(F)cc3)cc2)CC1. The van der Waals surface area contributed by atoms with E-state index in [1.165, 1.54) is 24.3 Å². The van der Waals surface area contributed by atoms with Crippen molar-refractivity contribution in [1.29, 1.82) is 0 Å². The van der Waals surface area contributed by atoms with Crippen LogP contribution in [0.1, 0.15) is 24.2 Å². The number of halogens is 1. The Morgan fingerprint density at radius 2 is 1.52 bits per heavy atom. The summed E-state index contributed by atoms with van der Waals surface area (Å²) in [4.78, 5) is 30.6. The van der Waals surface area contributed by atoms with Gasteiger partial charge >= 0.3 is 0 Å². The number of nitrogens with zero attached hydrogens (tertiary/aromatic N) is 3. The van der Waals surface area contributed by atoms with Crippen molar-refractivity contribution in [3.05, 3.63) is 59.9 Å². The largest absolute Gasteiger partial charge is 0.342 e. The van der Waals surface area contributed by atoms with Crippen LogP contribution in [0.5, 0.6) is 0 Å². The summed E-state index contributed by atoms with van der Waals surface area (Å²) in [5.74, 6) is -0.566. The number of sulfonamides is 1. The van der Waals surface area contributed by atoms with E-state index in [-0.39, 0.29) is 16.7 Å². The molecular weight excluding hydrogens is 447 g/mol. The highest BCUT2D eigenvalue weighted by Gasteiger charge is 2.24. The van der Waals surface area contributed by atoms with Gasteiger partial charge in [0.15, 0.2) is 0 Å². The molecule has 3 rings (SSSR count). The van der Waals surface area contributed by atoms with Gasteiger partial charge in [-0.3, -0.25) is 19.2 Å². The first-order valence-electron chi connectivity index (χ1n) is 10.9. The molecular formula is C23H29FN4O4S. The van der Waals surface area contributed by atoms with Crippen molar-refractivity contribution >= 4 is 27.5 Å². The Hall–Kier alpha value is -2.98. The number of likely N-dealkylation sites (N-methyl/N-ethyl adjacent to an activating group) is 1. The van der Waals surface area contributed by atoms with E-state index < -0.39 is 15.8 Å². The lowest BCUT2D eigenvalue weighted by Crippen LogP contribution is -2.51. The summed E-state index contributed by atoms with van der Waals surface area (Å²) in [6.07, 6.45) is 0. The molecule has 0 spiro atoms. The molecule has 8 nitrogen and oxygen atoms in total. The Kier molecular flexibility index (Phi) is 8.04. The van der Waals surface area contributed by atoms with Crippen LogP contribution >= 0.6 is 0 Å². The van der Waals surface area contributed by atoms with E-state index in [2.05, 4.69) is 9.62 Å². The number of piperazine rings is 1. The molecule has 0 radical (unpaired) electrons. The van der Waals surface area contributed by atoms with Gasteiger partial charge in [0, 0.05) is 50.5 Å². The fourth-order valence-electron chi connectivity index (χ4n) is 3.67. The predicted molar refractivity (Wildman–Crippen MR) is 124 cm³/mol. The highest BCUT2D eigenvalue weighted by molar-refractivity contribution is 7.92. The molecule has 0 unspecified atom stereocenters. The summed E-state index contributed by atoms with van der Waals surface area (Å²) >= 11 is 0. The highest BCUT2D eigenvalue weighted by atomic mass is 32.2. The molecule has 0 atom stereocenters. The minimum absolute atomic E-state index is 0.0543. The lowest BCUT2D eigenvalue weighted by molar-refractivity contribution is -0.132. The van der Waals surface area contributed by atoms with Crippen LogP contribution in [-0.4, -0.2) is 80.7 Å². The number of amides is 2. The first-order valence-corrected chi connectivity index (χ1v) is 12.4. The standard InChI is InChI=1S/C23H29FN4O4S/c1-3-27(4-2)22(29)17-26-13-15-28(16-14-26)23(30)18-5-9-20(10-6-18)25-33(31,32)21-11-7-19(24)8-12-21/h5-12,25H,3-4,13-17H2,1-2H3. The van der Waals surface area contributed by atoms with Crippen LogP contribution in [0.4, 0.5) is 10.1 Å². The molecule has 33 heavy (non-hydrogen) atoms. The van der Waals surface area contributed by atoms with Gasteiger partial charge in [-0.2, -0.15) is 0 Å². The Labute approximate surface area is 194 Å². The monoisotopic (exact) mass is 476 g/mol. The number of carbonyl (C=O) groups is 2. The Morgan fingerprint density at radius 3 is 2.06 bits per heavy atom. The maximum atomic E-state index is 13.0. The zero-order chi connectivity index (χ0) is 24.0. The lowest BCUT2D eigenvalue weighted by Gasteiger charge is -2.35. The van der Waals surface area contributed by atoms with Crippen LogP contribution in [-0.2, 0) is 14.8 Å². The van der Waals surface area contributed by atoms with Crippen molar-refractivity contribution in [3.8, 4) is 0 Å². The van der Waals surface area contributed by atoms with Gasteiger partial charge in [0.1, 0.15) is 5.82 Å². The van der Waals surface area contributed by atoms with E-state index in [1.54, 1.807) is 21.9 Å². The minimum atomic E-state index is -3.86. The summed E-state index contributed by atoms with van der Waals surface area (Å²) in [6, 6.07) is 10.7. The maximum Gasteiger partial charge on any atom is 0.261 e. The van der Waals surface area contributed by atoms with Crippen molar-refractivity contribution in [3.63, 3.8) is 0 Å². The van der Waals surface area contributed by atoms with Gasteiger partial charge in [-0.15, -0.1) is 0 Å². The molecule has 178 valence electrons. The zero-order valence-corrected chi connectivity index (χ0v) is 19.6. The van der Waals surface area contributed by atoms with Crippen molar-refractivity contribution in [2.45, 2.75) is 18.7 Å². The van der Waals surface area contributed by atoms with Crippen molar-refractivity contribution < 1.29 is 22.4 Å². The third-order valence-corrected chi connectivity index (χ3v) is 7.04. The third kappa shape index (κ3) is 6.29. The number of rotatable bonds is 8. The maximum absolute atomic E-state index is 13.0. The highest BCUT2D eigenvalue weighted by Crippen LogP contribution is 2.18. The molecule has 2 aromatic carbocycles. The summed E-state index contributed by atoms with van der Waals surface area (Å²) in [6.45, 7) is 7.91. The fourth-order valence-corrected chi connectivity index (χ4v) is 4.73. The van der Waals surface area contributed by atoms with Gasteiger partial charge in [0.05, 0.1) is 11.4 Å². The van der Waals surface area contributed by atoms with Gasteiger partial charge in [-0.1, -0.05) is 0 Å². The second kappa shape index (κ2) is 10.8. The quantitative estimate of drug-likeness (QED) is 0.631. The van der Waals surface area contributed by atoms with Crippen LogP contribution < -0.4 is 4.72 Å². The molecule has 0 aromatic heterocycles. The average molecular weight is 477 g/mol. The second-order valence-electron chi connectivity index (χ2n) is 7.77. The number of hydrogen-bond donors (Lipinski definition) is 1. The van der Waals surface area contributed by atoms with E-state index in [1.807, 2.05) is 13.8 Å². The number of anilines is 1. The summed E-state index contributed by atoms with van der Waals surface area (Å²) in [7, 11) is -3.86. The molecule has 1 aliphatic rings. The molecule has 0 aliphatic carbocycles. The number of hydrogen-bond acceptors (Lipinski definition) is 5. The van der Waals surface area contributed by atoms with Crippen LogP contribution in [0, 0.1) is 5.82 Å². The third-order valence-electron chi connectivity index (χ3n) is 5.64. The normalized spacial score (nSPS) is 14.7. The first kappa shape index (κ1) is 24.7.